The van der Waals surface area contributed by atoms with Crippen molar-refractivity contribution in [2.45, 2.75) is 13.8 Å². The van der Waals surface area contributed by atoms with Crippen LogP contribution in [-0.2, 0) is 0 Å². The maximum Gasteiger partial charge on any atom is -0.00842 e. The normalized spacial score (nSPS) is 14.4. The van der Waals surface area contributed by atoms with Crippen LogP contribution in [0.5, 0.6) is 0 Å². The summed E-state index contributed by atoms with van der Waals surface area (Å²) in [6, 6.07) is 29.0. The van der Waals surface area contributed by atoms with Crippen LogP contribution in [0.1, 0.15) is 13.8 Å². The lowest BCUT2D eigenvalue weighted by atomic mass is 10.1. The summed E-state index contributed by atoms with van der Waals surface area (Å²) in [5.74, 6) is 3.16. The van der Waals surface area contributed by atoms with E-state index in [0.717, 1.165) is 0 Å². The molecule has 0 N–H and O–H groups in total. The van der Waals surface area contributed by atoms with E-state index < -0.39 is 6.89 Å². The Morgan fingerprint density at radius 2 is 1.13 bits per heavy atom. The zero-order valence-electron chi connectivity index (χ0n) is 13.6. The van der Waals surface area contributed by atoms with Gasteiger partial charge in [-0.15, -0.1) is 0 Å². The highest BCUT2D eigenvalue weighted by molar-refractivity contribution is 7.95. The molecule has 0 fully saturated rings. The van der Waals surface area contributed by atoms with E-state index in [1.165, 1.54) is 27.0 Å². The molecule has 3 aromatic rings. The fourth-order valence-electron chi connectivity index (χ4n) is 3.78. The maximum absolute atomic E-state index is 2.62. The average Bonchev–Trinajstić information content (AvgIpc) is 2.87. The van der Waals surface area contributed by atoms with Crippen molar-refractivity contribution >= 4 is 28.6 Å². The Hall–Kier alpha value is -2.04. The molecule has 0 nitrogen and oxygen atoms in total. The Bertz CT molecular complexity index is 855. The summed E-state index contributed by atoms with van der Waals surface area (Å²) in [5, 5.41) is 4.49. The molecule has 1 aliphatic rings. The summed E-state index contributed by atoms with van der Waals surface area (Å²) < 4.78 is 0. The first-order valence-electron chi connectivity index (χ1n) is 8.23. The summed E-state index contributed by atoms with van der Waals surface area (Å²) in [5.41, 5.74) is 2.83. The van der Waals surface area contributed by atoms with E-state index in [2.05, 4.69) is 98.5 Å². The minimum Gasteiger partial charge on any atom is -0.0716 e. The topological polar surface area (TPSA) is 0 Å². The molecule has 0 aliphatic carbocycles. The standard InChI is InChI=1S/C22H21P/c1-17(2)16-23(18-10-4-3-5-11-18)21-14-8-6-12-19(21)20-13-7-9-15-22(20)23/h3-17H,1-2H3. The Labute approximate surface area is 138 Å². The molecule has 1 heteroatoms. The van der Waals surface area contributed by atoms with Crippen molar-refractivity contribution in [3.05, 3.63) is 78.9 Å². The number of rotatable bonds is 2. The molecule has 0 atom stereocenters. The van der Waals surface area contributed by atoms with Gasteiger partial charge in [0.25, 0.3) is 0 Å². The van der Waals surface area contributed by atoms with Crippen molar-refractivity contribution in [1.82, 2.24) is 0 Å². The lowest BCUT2D eigenvalue weighted by Crippen LogP contribution is -2.24. The minimum atomic E-state index is -1.66. The van der Waals surface area contributed by atoms with Gasteiger partial charge in [-0.3, -0.25) is 0 Å². The Morgan fingerprint density at radius 3 is 1.65 bits per heavy atom. The molecular formula is C22H21P. The SMILES string of the molecule is CC(C)C=P1(c2ccccc2)c2ccccc2-c2ccccc21. The molecule has 1 aliphatic heterocycles. The highest BCUT2D eigenvalue weighted by Gasteiger charge is 2.35. The van der Waals surface area contributed by atoms with Gasteiger partial charge in [-0.1, -0.05) is 98.5 Å². The molecule has 0 saturated heterocycles. The Balaban J connectivity index is 2.19. The first kappa shape index (κ1) is 14.5. The van der Waals surface area contributed by atoms with Crippen LogP contribution in [-0.4, -0.2) is 5.80 Å². The average molecular weight is 316 g/mol. The fraction of sp³-hybridized carbons (Fsp3) is 0.136. The van der Waals surface area contributed by atoms with Crippen molar-refractivity contribution in [2.75, 3.05) is 0 Å². The van der Waals surface area contributed by atoms with Crippen molar-refractivity contribution in [3.8, 4) is 11.1 Å². The van der Waals surface area contributed by atoms with E-state index >= 15 is 0 Å². The van der Waals surface area contributed by atoms with Crippen LogP contribution in [0.4, 0.5) is 0 Å². The lowest BCUT2D eigenvalue weighted by molar-refractivity contribution is 0.920. The van der Waals surface area contributed by atoms with Crippen molar-refractivity contribution < 1.29 is 0 Å². The van der Waals surface area contributed by atoms with Crippen LogP contribution in [0.25, 0.3) is 11.1 Å². The predicted molar refractivity (Wildman–Crippen MR) is 105 cm³/mol. The molecule has 0 bridgehead atoms. The third kappa shape index (κ3) is 2.13. The molecule has 0 saturated carbocycles. The van der Waals surface area contributed by atoms with Gasteiger partial charge in [-0.2, -0.15) is 0 Å². The zero-order chi connectivity index (χ0) is 15.9. The van der Waals surface area contributed by atoms with E-state index in [4.69, 9.17) is 0 Å². The largest absolute Gasteiger partial charge is 0.0716 e. The molecule has 114 valence electrons. The molecule has 0 unspecified atom stereocenters. The second-order valence-electron chi connectivity index (χ2n) is 6.49. The van der Waals surface area contributed by atoms with Crippen LogP contribution in [0, 0.1) is 5.92 Å². The van der Waals surface area contributed by atoms with E-state index in [-0.39, 0.29) is 0 Å². The molecular weight excluding hydrogens is 295 g/mol. The van der Waals surface area contributed by atoms with Gasteiger partial charge in [0.15, 0.2) is 0 Å². The summed E-state index contributed by atoms with van der Waals surface area (Å²) in [6.45, 7) is 2.94. The van der Waals surface area contributed by atoms with E-state index in [0.29, 0.717) is 5.92 Å². The predicted octanol–water partition coefficient (Wildman–Crippen LogP) is 4.42. The Kier molecular flexibility index (Phi) is 3.51. The number of hydrogen-bond acceptors (Lipinski definition) is 0. The lowest BCUT2D eigenvalue weighted by Gasteiger charge is -2.26. The minimum absolute atomic E-state index is 0.544. The van der Waals surface area contributed by atoms with Crippen molar-refractivity contribution in [3.63, 3.8) is 0 Å². The molecule has 0 spiro atoms. The molecule has 0 amide bonds. The number of hydrogen-bond donors (Lipinski definition) is 0. The molecule has 23 heavy (non-hydrogen) atoms. The van der Waals surface area contributed by atoms with E-state index in [9.17, 15) is 0 Å². The molecule has 4 rings (SSSR count). The monoisotopic (exact) mass is 316 g/mol. The third-order valence-corrected chi connectivity index (χ3v) is 9.00. The van der Waals surface area contributed by atoms with Gasteiger partial charge in [-0.25, -0.2) is 0 Å². The second kappa shape index (κ2) is 5.55. The van der Waals surface area contributed by atoms with Crippen molar-refractivity contribution in [2.24, 2.45) is 5.92 Å². The van der Waals surface area contributed by atoms with Gasteiger partial charge in [0, 0.05) is 0 Å². The van der Waals surface area contributed by atoms with Crippen LogP contribution >= 0.6 is 6.89 Å². The highest BCUT2D eigenvalue weighted by Crippen LogP contribution is 2.53. The molecule has 1 heterocycles. The zero-order valence-corrected chi connectivity index (χ0v) is 14.5. The van der Waals surface area contributed by atoms with E-state index in [1.54, 1.807) is 0 Å². The van der Waals surface area contributed by atoms with Crippen LogP contribution in [0.3, 0.4) is 0 Å². The third-order valence-electron chi connectivity index (χ3n) is 4.54. The maximum atomic E-state index is 2.62. The van der Waals surface area contributed by atoms with Crippen LogP contribution < -0.4 is 15.9 Å². The van der Waals surface area contributed by atoms with Gasteiger partial charge in [0.05, 0.1) is 0 Å². The summed E-state index contributed by atoms with van der Waals surface area (Å²) in [7, 11) is 0. The Morgan fingerprint density at radius 1 is 0.652 bits per heavy atom. The van der Waals surface area contributed by atoms with Gasteiger partial charge in [-0.05, 0) is 39.8 Å². The summed E-state index contributed by atoms with van der Waals surface area (Å²) >= 11 is 0. The van der Waals surface area contributed by atoms with Crippen LogP contribution in [0.15, 0.2) is 78.9 Å². The summed E-state index contributed by atoms with van der Waals surface area (Å²) in [4.78, 5) is 0. The molecule has 0 aromatic heterocycles. The first-order chi connectivity index (χ1) is 11.2. The summed E-state index contributed by atoms with van der Waals surface area (Å²) in [6.07, 6.45) is 0. The second-order valence-corrected chi connectivity index (χ2v) is 9.71. The molecule has 0 radical (unpaired) electrons. The highest BCUT2D eigenvalue weighted by atomic mass is 31.2. The van der Waals surface area contributed by atoms with Gasteiger partial charge in [0.2, 0.25) is 0 Å². The quantitative estimate of drug-likeness (QED) is 0.480. The van der Waals surface area contributed by atoms with Gasteiger partial charge in [0.1, 0.15) is 0 Å². The van der Waals surface area contributed by atoms with E-state index in [1.807, 2.05) is 0 Å². The smallest absolute Gasteiger partial charge is 0.00842 e. The first-order valence-corrected chi connectivity index (χ1v) is 10.1. The van der Waals surface area contributed by atoms with Crippen molar-refractivity contribution in [1.29, 1.82) is 0 Å². The van der Waals surface area contributed by atoms with Gasteiger partial charge < -0.3 is 0 Å². The number of fused-ring (bicyclic) bond motifs is 3. The number of benzene rings is 3. The van der Waals surface area contributed by atoms with Crippen LogP contribution in [0.2, 0.25) is 0 Å². The van der Waals surface area contributed by atoms with Gasteiger partial charge >= 0.3 is 0 Å². The molecule has 3 aromatic carbocycles. The fourth-order valence-corrected chi connectivity index (χ4v) is 8.42.